The lowest BCUT2D eigenvalue weighted by Gasteiger charge is -2.35. The fourth-order valence-corrected chi connectivity index (χ4v) is 4.64. The first-order valence-electron chi connectivity index (χ1n) is 8.07. The van der Waals surface area contributed by atoms with Crippen LogP contribution >= 0.6 is 0 Å². The Balaban J connectivity index is 1.57. The molecular weight excluding hydrogens is 234 g/mol. The monoisotopic (exact) mass is 263 g/mol. The second-order valence-corrected chi connectivity index (χ2v) is 7.73. The number of nitrogens with zero attached hydrogens (tertiary/aromatic N) is 1. The van der Waals surface area contributed by atoms with E-state index in [9.17, 15) is 5.11 Å². The van der Waals surface area contributed by atoms with Gasteiger partial charge in [-0.25, -0.2) is 0 Å². The number of fused-ring (bicyclic) bond motifs is 1. The Labute approximate surface area is 117 Å². The minimum absolute atomic E-state index is 0.00192. The number of allylic oxidation sites excluding steroid dienone is 1. The molecule has 1 aliphatic heterocycles. The quantitative estimate of drug-likeness (QED) is 0.790. The molecule has 0 radical (unpaired) electrons. The molecule has 2 fully saturated rings. The van der Waals surface area contributed by atoms with Crippen LogP contribution in [0.4, 0.5) is 0 Å². The third-order valence-electron chi connectivity index (χ3n) is 5.97. The van der Waals surface area contributed by atoms with Gasteiger partial charge in [0, 0.05) is 25.6 Å². The van der Waals surface area contributed by atoms with E-state index in [1.165, 1.54) is 38.8 Å². The number of hydrogen-bond donors (Lipinski definition) is 1. The molecule has 108 valence electrons. The van der Waals surface area contributed by atoms with E-state index in [1.807, 2.05) is 0 Å². The Bertz CT molecular complexity index is 385. The van der Waals surface area contributed by atoms with E-state index >= 15 is 0 Å². The largest absolute Gasteiger partial charge is 0.393 e. The second kappa shape index (κ2) is 4.89. The van der Waals surface area contributed by atoms with Crippen LogP contribution in [0.15, 0.2) is 11.1 Å². The Morgan fingerprint density at radius 2 is 2.11 bits per heavy atom. The van der Waals surface area contributed by atoms with Gasteiger partial charge in [-0.3, -0.25) is 0 Å². The molecule has 3 aliphatic rings. The number of likely N-dealkylation sites (tertiary alicyclic amines) is 1. The molecule has 3 rings (SSSR count). The maximum Gasteiger partial charge on any atom is 0.0587 e. The molecule has 2 heteroatoms. The summed E-state index contributed by atoms with van der Waals surface area (Å²) in [6.45, 7) is 10.8. The van der Waals surface area contributed by atoms with Crippen molar-refractivity contribution in [1.29, 1.82) is 0 Å². The van der Waals surface area contributed by atoms with E-state index in [4.69, 9.17) is 0 Å². The molecule has 0 aromatic rings. The van der Waals surface area contributed by atoms with Crippen molar-refractivity contribution < 1.29 is 5.11 Å². The molecule has 0 amide bonds. The third-order valence-corrected chi connectivity index (χ3v) is 5.97. The summed E-state index contributed by atoms with van der Waals surface area (Å²) in [5, 5.41) is 9.74. The van der Waals surface area contributed by atoms with Crippen molar-refractivity contribution in [1.82, 2.24) is 4.90 Å². The summed E-state index contributed by atoms with van der Waals surface area (Å²) in [5.74, 6) is 1.39. The highest BCUT2D eigenvalue weighted by atomic mass is 16.3. The molecule has 0 aromatic heterocycles. The standard InChI is InChI=1S/C17H29NO/c1-12-5-4-7-17(2,3)15(12)6-8-18-10-13-9-16(19)14(13)11-18/h13-14,16,19H,4-11H2,1-3H3/t13-,14+,16+/m1/s1. The number of aliphatic hydroxyl groups is 1. The van der Waals surface area contributed by atoms with E-state index in [2.05, 4.69) is 25.7 Å². The average molecular weight is 263 g/mol. The first-order valence-corrected chi connectivity index (χ1v) is 8.07. The van der Waals surface area contributed by atoms with Crippen LogP contribution in [0.2, 0.25) is 0 Å². The zero-order valence-electron chi connectivity index (χ0n) is 12.8. The van der Waals surface area contributed by atoms with Gasteiger partial charge >= 0.3 is 0 Å². The molecule has 3 atom stereocenters. The molecule has 2 nitrogen and oxygen atoms in total. The normalized spacial score (nSPS) is 38.2. The molecule has 2 aliphatic carbocycles. The van der Waals surface area contributed by atoms with Gasteiger partial charge in [-0.2, -0.15) is 0 Å². The first kappa shape index (κ1) is 13.6. The molecule has 1 heterocycles. The van der Waals surface area contributed by atoms with Gasteiger partial charge in [0.2, 0.25) is 0 Å². The van der Waals surface area contributed by atoms with E-state index in [-0.39, 0.29) is 6.10 Å². The van der Waals surface area contributed by atoms with Gasteiger partial charge in [-0.1, -0.05) is 25.0 Å². The third kappa shape index (κ3) is 2.50. The zero-order valence-corrected chi connectivity index (χ0v) is 12.8. The van der Waals surface area contributed by atoms with Crippen molar-refractivity contribution >= 4 is 0 Å². The van der Waals surface area contributed by atoms with E-state index in [0.29, 0.717) is 11.3 Å². The molecule has 1 saturated heterocycles. The SMILES string of the molecule is CC1=C(CCN2C[C@H]3C[C@H](O)[C@H]3C2)C(C)(C)CCC1. The molecule has 0 spiro atoms. The van der Waals surface area contributed by atoms with Gasteiger partial charge in [-0.05, 0) is 50.4 Å². The lowest BCUT2D eigenvalue weighted by molar-refractivity contribution is -0.00432. The average Bonchev–Trinajstić information content (AvgIpc) is 2.65. The molecule has 0 unspecified atom stereocenters. The zero-order chi connectivity index (χ0) is 13.6. The predicted octanol–water partition coefficient (Wildman–Crippen LogP) is 3.22. The van der Waals surface area contributed by atoms with Crippen LogP contribution in [0.3, 0.4) is 0 Å². The highest BCUT2D eigenvalue weighted by Crippen LogP contribution is 2.43. The lowest BCUT2D eigenvalue weighted by atomic mass is 9.71. The van der Waals surface area contributed by atoms with Crippen molar-refractivity contribution in [2.45, 2.75) is 59.0 Å². The molecule has 1 N–H and O–H groups in total. The summed E-state index contributed by atoms with van der Waals surface area (Å²) in [7, 11) is 0. The van der Waals surface area contributed by atoms with Crippen molar-refractivity contribution in [3.05, 3.63) is 11.1 Å². The van der Waals surface area contributed by atoms with Crippen LogP contribution in [-0.4, -0.2) is 35.7 Å². The second-order valence-electron chi connectivity index (χ2n) is 7.73. The summed E-state index contributed by atoms with van der Waals surface area (Å²) in [4.78, 5) is 2.59. The topological polar surface area (TPSA) is 23.5 Å². The van der Waals surface area contributed by atoms with Crippen LogP contribution in [0, 0.1) is 17.3 Å². The van der Waals surface area contributed by atoms with E-state index in [1.54, 1.807) is 11.1 Å². The summed E-state index contributed by atoms with van der Waals surface area (Å²) in [5.41, 5.74) is 3.79. The number of hydrogen-bond acceptors (Lipinski definition) is 2. The fraction of sp³-hybridized carbons (Fsp3) is 0.882. The van der Waals surface area contributed by atoms with Gasteiger partial charge in [0.1, 0.15) is 0 Å². The smallest absolute Gasteiger partial charge is 0.0587 e. The van der Waals surface area contributed by atoms with Crippen LogP contribution in [-0.2, 0) is 0 Å². The Morgan fingerprint density at radius 1 is 1.32 bits per heavy atom. The molecule has 19 heavy (non-hydrogen) atoms. The Kier molecular flexibility index (Phi) is 3.51. The maximum atomic E-state index is 9.74. The predicted molar refractivity (Wildman–Crippen MR) is 79.0 cm³/mol. The van der Waals surface area contributed by atoms with Crippen molar-refractivity contribution in [3.63, 3.8) is 0 Å². The van der Waals surface area contributed by atoms with Gasteiger partial charge in [0.15, 0.2) is 0 Å². The Hall–Kier alpha value is -0.340. The minimum Gasteiger partial charge on any atom is -0.393 e. The molecule has 0 aromatic carbocycles. The minimum atomic E-state index is 0.00192. The van der Waals surface area contributed by atoms with Gasteiger partial charge in [0.25, 0.3) is 0 Å². The van der Waals surface area contributed by atoms with Crippen LogP contribution in [0.5, 0.6) is 0 Å². The molecule has 0 bridgehead atoms. The van der Waals surface area contributed by atoms with Gasteiger partial charge in [0.05, 0.1) is 6.10 Å². The summed E-state index contributed by atoms with van der Waals surface area (Å²) in [6, 6.07) is 0. The highest BCUT2D eigenvalue weighted by molar-refractivity contribution is 5.22. The van der Waals surface area contributed by atoms with Crippen molar-refractivity contribution in [2.75, 3.05) is 19.6 Å². The van der Waals surface area contributed by atoms with E-state index in [0.717, 1.165) is 18.9 Å². The molecular formula is C17H29NO. The Morgan fingerprint density at radius 3 is 2.74 bits per heavy atom. The van der Waals surface area contributed by atoms with Crippen molar-refractivity contribution in [3.8, 4) is 0 Å². The van der Waals surface area contributed by atoms with Crippen LogP contribution < -0.4 is 0 Å². The lowest BCUT2D eigenvalue weighted by Crippen LogP contribution is -2.39. The summed E-state index contributed by atoms with van der Waals surface area (Å²) in [6.07, 6.45) is 6.32. The van der Waals surface area contributed by atoms with Crippen molar-refractivity contribution in [2.24, 2.45) is 17.3 Å². The number of aliphatic hydroxyl groups excluding tert-OH is 1. The van der Waals surface area contributed by atoms with Crippen LogP contribution in [0.25, 0.3) is 0 Å². The number of rotatable bonds is 3. The molecule has 1 saturated carbocycles. The van der Waals surface area contributed by atoms with Crippen LogP contribution in [0.1, 0.15) is 52.9 Å². The maximum absolute atomic E-state index is 9.74. The highest BCUT2D eigenvalue weighted by Gasteiger charge is 2.46. The first-order chi connectivity index (χ1) is 8.97. The fourth-order valence-electron chi connectivity index (χ4n) is 4.64. The van der Waals surface area contributed by atoms with Gasteiger partial charge < -0.3 is 10.0 Å². The summed E-state index contributed by atoms with van der Waals surface area (Å²) >= 11 is 0. The van der Waals surface area contributed by atoms with E-state index < -0.39 is 0 Å². The summed E-state index contributed by atoms with van der Waals surface area (Å²) < 4.78 is 0. The van der Waals surface area contributed by atoms with Gasteiger partial charge in [-0.15, -0.1) is 0 Å².